The summed E-state index contributed by atoms with van der Waals surface area (Å²) in [6, 6.07) is 8.66. The Morgan fingerprint density at radius 3 is 2.25 bits per heavy atom. The Kier molecular flexibility index (Phi) is 20.9. The number of piperazine rings is 1. The van der Waals surface area contributed by atoms with Gasteiger partial charge in [-0.2, -0.15) is 0 Å². The van der Waals surface area contributed by atoms with Gasteiger partial charge in [-0.05, 0) is 18.4 Å². The molecule has 1 saturated heterocycles. The zero-order valence-electron chi connectivity index (χ0n) is 20.7. The summed E-state index contributed by atoms with van der Waals surface area (Å²) in [5, 5.41) is 5.42. The van der Waals surface area contributed by atoms with Gasteiger partial charge in [0.25, 0.3) is 11.8 Å². The van der Waals surface area contributed by atoms with E-state index in [4.69, 9.17) is 0 Å². The molecule has 1 aromatic carbocycles. The predicted molar refractivity (Wildman–Crippen MR) is 134 cm³/mol. The number of carbonyl (C=O) groups is 3. The third kappa shape index (κ3) is 12.7. The molecule has 0 aliphatic carbocycles. The van der Waals surface area contributed by atoms with Gasteiger partial charge in [0.2, 0.25) is 5.91 Å². The van der Waals surface area contributed by atoms with Gasteiger partial charge in [-0.25, -0.2) is 0 Å². The fourth-order valence-electron chi connectivity index (χ4n) is 2.72. The van der Waals surface area contributed by atoms with E-state index in [2.05, 4.69) is 23.8 Å². The Morgan fingerprint density at radius 2 is 1.72 bits per heavy atom. The normalized spacial score (nSPS) is 14.0. The molecule has 6 nitrogen and oxygen atoms in total. The molecule has 0 spiro atoms. The van der Waals surface area contributed by atoms with Crippen molar-refractivity contribution in [1.29, 1.82) is 0 Å². The number of amides is 3. The molecule has 6 heteroatoms. The fraction of sp³-hybridized carbons (Fsp3) is 0.500. The second-order valence-electron chi connectivity index (χ2n) is 6.38. The molecule has 1 aliphatic rings. The number of nitrogens with one attached hydrogen (secondary N) is 2. The number of hydrogen-bond acceptors (Lipinski definition) is 3. The third-order valence-corrected chi connectivity index (χ3v) is 4.25. The number of hydrogen-bond donors (Lipinski definition) is 2. The molecule has 180 valence electrons. The van der Waals surface area contributed by atoms with Crippen LogP contribution in [-0.4, -0.2) is 48.3 Å². The van der Waals surface area contributed by atoms with Crippen molar-refractivity contribution in [3.8, 4) is 0 Å². The van der Waals surface area contributed by atoms with E-state index in [1.54, 1.807) is 12.2 Å². The Balaban J connectivity index is 0. The lowest BCUT2D eigenvalue weighted by Gasteiger charge is -2.34. The number of unbranched alkanes of at least 4 members (excludes halogenated alkanes) is 1. The summed E-state index contributed by atoms with van der Waals surface area (Å²) >= 11 is 0. The lowest BCUT2D eigenvalue weighted by molar-refractivity contribution is -0.149. The van der Waals surface area contributed by atoms with Gasteiger partial charge >= 0.3 is 0 Å². The van der Waals surface area contributed by atoms with Crippen LogP contribution in [0.2, 0.25) is 0 Å². The SMILES string of the molecule is C=CC=C.CC.CC.CCCCNC(=O)C1C(=O)NCCN1C(=O)CCc1ccccc1. The molecule has 1 aliphatic heterocycles. The first-order valence-corrected chi connectivity index (χ1v) is 11.7. The van der Waals surface area contributed by atoms with E-state index in [9.17, 15) is 14.4 Å². The number of rotatable bonds is 8. The van der Waals surface area contributed by atoms with Crippen LogP contribution in [0, 0.1) is 0 Å². The fourth-order valence-corrected chi connectivity index (χ4v) is 2.72. The van der Waals surface area contributed by atoms with Gasteiger partial charge in [0.05, 0.1) is 0 Å². The maximum atomic E-state index is 12.5. The molecule has 1 heterocycles. The van der Waals surface area contributed by atoms with Crippen LogP contribution in [0.5, 0.6) is 0 Å². The Hall–Kier alpha value is -2.89. The maximum Gasteiger partial charge on any atom is 0.252 e. The second-order valence-corrected chi connectivity index (χ2v) is 6.38. The van der Waals surface area contributed by atoms with E-state index >= 15 is 0 Å². The van der Waals surface area contributed by atoms with Gasteiger partial charge in [-0.1, -0.05) is 96.7 Å². The van der Waals surface area contributed by atoms with Gasteiger partial charge in [-0.15, -0.1) is 0 Å². The summed E-state index contributed by atoms with van der Waals surface area (Å²) < 4.78 is 0. The van der Waals surface area contributed by atoms with E-state index in [1.807, 2.05) is 65.0 Å². The van der Waals surface area contributed by atoms with Gasteiger partial charge in [0.15, 0.2) is 6.04 Å². The number of carbonyl (C=O) groups excluding carboxylic acids is 3. The van der Waals surface area contributed by atoms with E-state index in [0.29, 0.717) is 26.1 Å². The molecule has 3 amide bonds. The first-order valence-electron chi connectivity index (χ1n) is 11.7. The van der Waals surface area contributed by atoms with E-state index in [1.165, 1.54) is 4.90 Å². The summed E-state index contributed by atoms with van der Waals surface area (Å²) in [4.78, 5) is 38.3. The van der Waals surface area contributed by atoms with Crippen LogP contribution in [-0.2, 0) is 20.8 Å². The van der Waals surface area contributed by atoms with Crippen molar-refractivity contribution < 1.29 is 14.4 Å². The van der Waals surface area contributed by atoms with E-state index < -0.39 is 17.9 Å². The number of allylic oxidation sites excluding steroid dienone is 2. The average Bonchev–Trinajstić information content (AvgIpc) is 2.85. The topological polar surface area (TPSA) is 78.5 Å². The van der Waals surface area contributed by atoms with Crippen molar-refractivity contribution in [3.63, 3.8) is 0 Å². The Labute approximate surface area is 195 Å². The highest BCUT2D eigenvalue weighted by molar-refractivity contribution is 6.07. The van der Waals surface area contributed by atoms with Crippen molar-refractivity contribution in [1.82, 2.24) is 15.5 Å². The zero-order chi connectivity index (χ0) is 24.8. The minimum atomic E-state index is -1.06. The van der Waals surface area contributed by atoms with Crippen LogP contribution in [0.3, 0.4) is 0 Å². The molecule has 2 rings (SSSR count). The second kappa shape index (κ2) is 21.3. The van der Waals surface area contributed by atoms with Crippen molar-refractivity contribution in [2.45, 2.75) is 66.3 Å². The van der Waals surface area contributed by atoms with Crippen LogP contribution in [0.1, 0.15) is 59.4 Å². The van der Waals surface area contributed by atoms with E-state index in [0.717, 1.165) is 18.4 Å². The molecule has 0 saturated carbocycles. The summed E-state index contributed by atoms with van der Waals surface area (Å²) in [7, 11) is 0. The van der Waals surface area contributed by atoms with Crippen molar-refractivity contribution >= 4 is 17.7 Å². The summed E-state index contributed by atoms with van der Waals surface area (Å²) in [6.45, 7) is 18.0. The van der Waals surface area contributed by atoms with E-state index in [-0.39, 0.29) is 12.3 Å². The lowest BCUT2D eigenvalue weighted by Crippen LogP contribution is -2.62. The first kappa shape index (κ1) is 31.3. The van der Waals surface area contributed by atoms with Crippen LogP contribution in [0.25, 0.3) is 0 Å². The number of benzene rings is 1. The average molecular weight is 446 g/mol. The van der Waals surface area contributed by atoms with Gasteiger partial charge in [-0.3, -0.25) is 14.4 Å². The van der Waals surface area contributed by atoms with Gasteiger partial charge < -0.3 is 15.5 Å². The van der Waals surface area contributed by atoms with Gasteiger partial charge in [0, 0.05) is 26.1 Å². The van der Waals surface area contributed by atoms with Gasteiger partial charge in [0.1, 0.15) is 0 Å². The number of nitrogens with zero attached hydrogens (tertiary/aromatic N) is 1. The monoisotopic (exact) mass is 445 g/mol. The lowest BCUT2D eigenvalue weighted by atomic mass is 10.1. The van der Waals surface area contributed by atoms with Crippen LogP contribution in [0.15, 0.2) is 55.6 Å². The first-order chi connectivity index (χ1) is 15.5. The van der Waals surface area contributed by atoms with Crippen molar-refractivity contribution in [2.75, 3.05) is 19.6 Å². The molecule has 0 bridgehead atoms. The molecule has 0 aromatic heterocycles. The predicted octanol–water partition coefficient (Wildman–Crippen LogP) is 4.27. The maximum absolute atomic E-state index is 12.5. The number of aryl methyl sites for hydroxylation is 1. The van der Waals surface area contributed by atoms with Crippen LogP contribution < -0.4 is 10.6 Å². The smallest absolute Gasteiger partial charge is 0.252 e. The summed E-state index contributed by atoms with van der Waals surface area (Å²) in [5.74, 6) is -0.957. The largest absolute Gasteiger partial charge is 0.354 e. The molecule has 1 atom stereocenters. The minimum Gasteiger partial charge on any atom is -0.354 e. The Bertz CT molecular complexity index is 654. The molecular weight excluding hydrogens is 402 g/mol. The zero-order valence-corrected chi connectivity index (χ0v) is 20.7. The highest BCUT2D eigenvalue weighted by atomic mass is 16.2. The summed E-state index contributed by atoms with van der Waals surface area (Å²) in [6.07, 6.45) is 5.97. The van der Waals surface area contributed by atoms with Crippen LogP contribution in [0.4, 0.5) is 0 Å². The standard InChI is InChI=1S/C18H25N3O3.C4H6.2C2H6/c1-2-3-11-19-17(23)16-18(24)20-12-13-21(16)15(22)10-9-14-7-5-4-6-8-14;1-3-4-2;2*1-2/h4-8,16H,2-3,9-13H2,1H3,(H,19,23)(H,20,24);3-4H,1-2H2;2*1-2H3. The minimum absolute atomic E-state index is 0.163. The molecule has 1 unspecified atom stereocenters. The van der Waals surface area contributed by atoms with Crippen molar-refractivity contribution in [2.24, 2.45) is 0 Å². The highest BCUT2D eigenvalue weighted by Gasteiger charge is 2.38. The van der Waals surface area contributed by atoms with Crippen LogP contribution >= 0.6 is 0 Å². The molecule has 1 fully saturated rings. The molecule has 1 aromatic rings. The van der Waals surface area contributed by atoms with Crippen molar-refractivity contribution in [3.05, 3.63) is 61.2 Å². The Morgan fingerprint density at radius 1 is 1.12 bits per heavy atom. The third-order valence-electron chi connectivity index (χ3n) is 4.25. The molecule has 0 radical (unpaired) electrons. The highest BCUT2D eigenvalue weighted by Crippen LogP contribution is 2.10. The summed E-state index contributed by atoms with van der Waals surface area (Å²) in [5.41, 5.74) is 1.07. The molecule has 2 N–H and O–H groups in total. The molecule has 32 heavy (non-hydrogen) atoms. The quantitative estimate of drug-likeness (QED) is 0.356. The molecular formula is C26H43N3O3.